The van der Waals surface area contributed by atoms with Crippen molar-refractivity contribution in [1.82, 2.24) is 9.97 Å². The molecule has 92 valence electrons. The summed E-state index contributed by atoms with van der Waals surface area (Å²) in [7, 11) is 0. The Morgan fingerprint density at radius 2 is 2.00 bits per heavy atom. The van der Waals surface area contributed by atoms with Crippen molar-refractivity contribution in [2.24, 2.45) is 10.9 Å². The van der Waals surface area contributed by atoms with E-state index >= 15 is 0 Å². The SMILES string of the molecule is CC(C)[C@H]1COC(c2cnc3ccccc3n2)=N1. The van der Waals surface area contributed by atoms with E-state index in [9.17, 15) is 0 Å². The van der Waals surface area contributed by atoms with Crippen LogP contribution in [0.4, 0.5) is 0 Å². The minimum absolute atomic E-state index is 0.230. The number of hydrogen-bond acceptors (Lipinski definition) is 4. The number of rotatable bonds is 2. The molecule has 0 fully saturated rings. The molecular weight excluding hydrogens is 226 g/mol. The Hall–Kier alpha value is -1.97. The Morgan fingerprint density at radius 3 is 2.72 bits per heavy atom. The lowest BCUT2D eigenvalue weighted by Crippen LogP contribution is -2.13. The van der Waals surface area contributed by atoms with E-state index in [1.54, 1.807) is 6.20 Å². The van der Waals surface area contributed by atoms with E-state index in [1.165, 1.54) is 0 Å². The number of para-hydroxylation sites is 2. The van der Waals surface area contributed by atoms with Gasteiger partial charge in [0.1, 0.15) is 12.3 Å². The minimum Gasteiger partial charge on any atom is -0.474 e. The lowest BCUT2D eigenvalue weighted by molar-refractivity contribution is 0.291. The second-order valence-electron chi connectivity index (χ2n) is 4.80. The summed E-state index contributed by atoms with van der Waals surface area (Å²) in [6, 6.07) is 8.03. The molecule has 0 bridgehead atoms. The Morgan fingerprint density at radius 1 is 1.22 bits per heavy atom. The lowest BCUT2D eigenvalue weighted by Gasteiger charge is -2.06. The van der Waals surface area contributed by atoms with Crippen LogP contribution < -0.4 is 0 Å². The first-order valence-electron chi connectivity index (χ1n) is 6.17. The molecule has 2 heterocycles. The third-order valence-electron chi connectivity index (χ3n) is 3.11. The lowest BCUT2D eigenvalue weighted by atomic mass is 10.1. The highest BCUT2D eigenvalue weighted by Crippen LogP contribution is 2.17. The highest BCUT2D eigenvalue weighted by Gasteiger charge is 2.23. The Kier molecular flexibility index (Phi) is 2.70. The molecule has 0 saturated heterocycles. The van der Waals surface area contributed by atoms with Gasteiger partial charge < -0.3 is 4.74 Å². The van der Waals surface area contributed by atoms with E-state index in [-0.39, 0.29) is 6.04 Å². The summed E-state index contributed by atoms with van der Waals surface area (Å²) in [6.07, 6.45) is 1.73. The van der Waals surface area contributed by atoms with Crippen LogP contribution in [-0.2, 0) is 4.74 Å². The van der Waals surface area contributed by atoms with Gasteiger partial charge in [0.15, 0.2) is 0 Å². The summed E-state index contributed by atoms with van der Waals surface area (Å²) < 4.78 is 5.61. The predicted molar refractivity (Wildman–Crippen MR) is 70.7 cm³/mol. The third kappa shape index (κ3) is 1.94. The molecule has 1 aliphatic rings. The van der Waals surface area contributed by atoms with Gasteiger partial charge >= 0.3 is 0 Å². The number of aliphatic imine (C=N–C) groups is 1. The van der Waals surface area contributed by atoms with Gasteiger partial charge in [-0.2, -0.15) is 0 Å². The highest BCUT2D eigenvalue weighted by molar-refractivity contribution is 5.94. The number of aromatic nitrogens is 2. The van der Waals surface area contributed by atoms with E-state index in [1.807, 2.05) is 24.3 Å². The molecule has 0 unspecified atom stereocenters. The molecule has 0 radical (unpaired) electrons. The van der Waals surface area contributed by atoms with Crippen molar-refractivity contribution >= 4 is 16.9 Å². The van der Waals surface area contributed by atoms with Crippen LogP contribution >= 0.6 is 0 Å². The maximum atomic E-state index is 5.61. The van der Waals surface area contributed by atoms with Gasteiger partial charge in [-0.3, -0.25) is 4.98 Å². The van der Waals surface area contributed by atoms with E-state index in [0.29, 0.717) is 18.4 Å². The van der Waals surface area contributed by atoms with Crippen molar-refractivity contribution in [1.29, 1.82) is 0 Å². The maximum absolute atomic E-state index is 5.61. The summed E-state index contributed by atoms with van der Waals surface area (Å²) in [6.45, 7) is 4.93. The van der Waals surface area contributed by atoms with Crippen molar-refractivity contribution in [3.8, 4) is 0 Å². The molecule has 1 aromatic heterocycles. The zero-order chi connectivity index (χ0) is 12.5. The molecule has 0 amide bonds. The maximum Gasteiger partial charge on any atom is 0.237 e. The normalized spacial score (nSPS) is 19.1. The standard InChI is InChI=1S/C14H15N3O/c1-9(2)13-8-18-14(17-13)12-7-15-10-5-3-4-6-11(10)16-12/h3-7,9,13H,8H2,1-2H3/t13-/m1/s1. The van der Waals surface area contributed by atoms with Crippen molar-refractivity contribution in [3.05, 3.63) is 36.2 Å². The molecule has 2 aromatic rings. The summed E-state index contributed by atoms with van der Waals surface area (Å²) >= 11 is 0. The van der Waals surface area contributed by atoms with Gasteiger partial charge in [0.25, 0.3) is 0 Å². The van der Waals surface area contributed by atoms with Crippen molar-refractivity contribution in [2.45, 2.75) is 19.9 Å². The predicted octanol–water partition coefficient (Wildman–Crippen LogP) is 2.43. The Bertz CT molecular complexity index is 607. The molecule has 1 aliphatic heterocycles. The average molecular weight is 241 g/mol. The number of nitrogens with zero attached hydrogens (tertiary/aromatic N) is 3. The molecule has 4 heteroatoms. The zero-order valence-electron chi connectivity index (χ0n) is 10.5. The molecule has 4 nitrogen and oxygen atoms in total. The number of fused-ring (bicyclic) bond motifs is 1. The van der Waals surface area contributed by atoms with Crippen molar-refractivity contribution < 1.29 is 4.74 Å². The second kappa shape index (κ2) is 4.37. The Balaban J connectivity index is 1.98. The first kappa shape index (κ1) is 11.1. The van der Waals surface area contributed by atoms with Crippen LogP contribution in [0.3, 0.4) is 0 Å². The Labute approximate surface area is 106 Å². The molecular formula is C14H15N3O. The van der Waals surface area contributed by atoms with E-state index in [4.69, 9.17) is 4.74 Å². The molecule has 0 saturated carbocycles. The molecule has 18 heavy (non-hydrogen) atoms. The van der Waals surface area contributed by atoms with Gasteiger partial charge in [-0.15, -0.1) is 0 Å². The quantitative estimate of drug-likeness (QED) is 0.811. The fraction of sp³-hybridized carbons (Fsp3) is 0.357. The van der Waals surface area contributed by atoms with Gasteiger partial charge in [-0.1, -0.05) is 26.0 Å². The number of benzene rings is 1. The van der Waals surface area contributed by atoms with Gasteiger partial charge in [-0.05, 0) is 18.1 Å². The van der Waals surface area contributed by atoms with Crippen LogP contribution in [0.25, 0.3) is 11.0 Å². The first-order valence-corrected chi connectivity index (χ1v) is 6.17. The molecule has 3 rings (SSSR count). The van der Waals surface area contributed by atoms with E-state index in [0.717, 1.165) is 16.7 Å². The van der Waals surface area contributed by atoms with Crippen LogP contribution in [-0.4, -0.2) is 28.5 Å². The minimum atomic E-state index is 0.230. The van der Waals surface area contributed by atoms with Crippen LogP contribution in [0.5, 0.6) is 0 Å². The summed E-state index contributed by atoms with van der Waals surface area (Å²) in [5, 5.41) is 0. The van der Waals surface area contributed by atoms with Crippen LogP contribution in [0.2, 0.25) is 0 Å². The van der Waals surface area contributed by atoms with Crippen LogP contribution in [0, 0.1) is 5.92 Å². The van der Waals surface area contributed by atoms with Gasteiger partial charge in [0.05, 0.1) is 23.3 Å². The summed E-state index contributed by atoms with van der Waals surface area (Å²) in [4.78, 5) is 13.5. The molecule has 1 atom stereocenters. The smallest absolute Gasteiger partial charge is 0.237 e. The fourth-order valence-electron chi connectivity index (χ4n) is 1.93. The summed E-state index contributed by atoms with van der Waals surface area (Å²) in [5.41, 5.74) is 2.48. The average Bonchev–Trinajstić information content (AvgIpc) is 2.88. The second-order valence-corrected chi connectivity index (χ2v) is 4.80. The topological polar surface area (TPSA) is 47.4 Å². The zero-order valence-corrected chi connectivity index (χ0v) is 10.5. The van der Waals surface area contributed by atoms with Gasteiger partial charge in [-0.25, -0.2) is 9.98 Å². The van der Waals surface area contributed by atoms with Crippen LogP contribution in [0.1, 0.15) is 19.5 Å². The summed E-state index contributed by atoms with van der Waals surface area (Å²) in [5.74, 6) is 1.10. The van der Waals surface area contributed by atoms with Gasteiger partial charge in [0.2, 0.25) is 5.90 Å². The molecule has 1 aromatic carbocycles. The molecule has 0 aliphatic carbocycles. The van der Waals surface area contributed by atoms with Crippen molar-refractivity contribution in [2.75, 3.05) is 6.61 Å². The van der Waals surface area contributed by atoms with E-state index < -0.39 is 0 Å². The first-order chi connectivity index (χ1) is 8.74. The number of hydrogen-bond donors (Lipinski definition) is 0. The van der Waals surface area contributed by atoms with E-state index in [2.05, 4.69) is 28.8 Å². The molecule has 0 spiro atoms. The fourth-order valence-corrected chi connectivity index (χ4v) is 1.93. The number of ether oxygens (including phenoxy) is 1. The molecule has 0 N–H and O–H groups in total. The van der Waals surface area contributed by atoms with Crippen LogP contribution in [0.15, 0.2) is 35.5 Å². The van der Waals surface area contributed by atoms with Crippen molar-refractivity contribution in [3.63, 3.8) is 0 Å². The highest BCUT2D eigenvalue weighted by atomic mass is 16.5. The largest absolute Gasteiger partial charge is 0.474 e. The monoisotopic (exact) mass is 241 g/mol. The third-order valence-corrected chi connectivity index (χ3v) is 3.11. The van der Waals surface area contributed by atoms with Gasteiger partial charge in [0, 0.05) is 0 Å².